The first-order chi connectivity index (χ1) is 8.70. The number of aromatic nitrogens is 2. The van der Waals surface area contributed by atoms with Crippen molar-refractivity contribution >= 4 is 5.69 Å². The van der Waals surface area contributed by atoms with Gasteiger partial charge in [0.15, 0.2) is 0 Å². The predicted octanol–water partition coefficient (Wildman–Crippen LogP) is 0.324. The van der Waals surface area contributed by atoms with Crippen LogP contribution in [0.25, 0.3) is 0 Å². The SMILES string of the molecule is NC1CC2CC(N)C1CO2.O=Nc1cncnc1. The number of nitrogens with zero attached hydrogens (tertiary/aromatic N) is 3. The van der Waals surface area contributed by atoms with E-state index in [2.05, 4.69) is 15.1 Å². The molecule has 98 valence electrons. The van der Waals surface area contributed by atoms with E-state index in [0.717, 1.165) is 19.4 Å². The highest BCUT2D eigenvalue weighted by molar-refractivity contribution is 5.27. The molecule has 7 heteroatoms. The normalized spacial score (nSPS) is 33.4. The van der Waals surface area contributed by atoms with Crippen LogP contribution in [0.5, 0.6) is 0 Å². The Bertz CT molecular complexity index is 376. The lowest BCUT2D eigenvalue weighted by molar-refractivity contribution is -0.0815. The van der Waals surface area contributed by atoms with Gasteiger partial charge in [0.1, 0.15) is 12.0 Å². The predicted molar refractivity (Wildman–Crippen MR) is 65.9 cm³/mol. The van der Waals surface area contributed by atoms with E-state index in [4.69, 9.17) is 16.2 Å². The third-order valence-corrected chi connectivity index (χ3v) is 3.35. The summed E-state index contributed by atoms with van der Waals surface area (Å²) in [6.07, 6.45) is 6.42. The Morgan fingerprint density at radius 2 is 1.83 bits per heavy atom. The molecule has 3 aliphatic rings. The monoisotopic (exact) mass is 251 g/mol. The Morgan fingerprint density at radius 1 is 1.22 bits per heavy atom. The molecule has 1 aliphatic carbocycles. The first-order valence-electron chi connectivity index (χ1n) is 5.92. The molecule has 3 heterocycles. The van der Waals surface area contributed by atoms with Crippen molar-refractivity contribution in [3.63, 3.8) is 0 Å². The van der Waals surface area contributed by atoms with Crippen LogP contribution in [0.15, 0.2) is 23.9 Å². The minimum atomic E-state index is 0.257. The van der Waals surface area contributed by atoms with Crippen molar-refractivity contribution in [3.8, 4) is 0 Å². The molecule has 2 atom stereocenters. The Morgan fingerprint density at radius 3 is 2.17 bits per heavy atom. The van der Waals surface area contributed by atoms with Crippen molar-refractivity contribution in [3.05, 3.63) is 23.6 Å². The lowest BCUT2D eigenvalue weighted by Gasteiger charge is -2.44. The van der Waals surface area contributed by atoms with Crippen molar-refractivity contribution in [2.24, 2.45) is 22.6 Å². The maximum atomic E-state index is 9.68. The average Bonchev–Trinajstić information content (AvgIpc) is 2.40. The molecule has 2 aliphatic heterocycles. The summed E-state index contributed by atoms with van der Waals surface area (Å²) in [5.41, 5.74) is 12.0. The summed E-state index contributed by atoms with van der Waals surface area (Å²) in [4.78, 5) is 16.8. The van der Waals surface area contributed by atoms with Gasteiger partial charge < -0.3 is 16.2 Å². The van der Waals surface area contributed by atoms with Crippen LogP contribution >= 0.6 is 0 Å². The molecule has 7 nitrogen and oxygen atoms in total. The van der Waals surface area contributed by atoms with Crippen LogP contribution in [-0.4, -0.2) is 34.8 Å². The Balaban J connectivity index is 0.000000138. The molecule has 1 aromatic heterocycles. The minimum absolute atomic E-state index is 0.257. The molecule has 2 unspecified atom stereocenters. The van der Waals surface area contributed by atoms with Crippen molar-refractivity contribution in [1.29, 1.82) is 0 Å². The summed E-state index contributed by atoms with van der Waals surface area (Å²) >= 11 is 0. The maximum Gasteiger partial charge on any atom is 0.144 e. The van der Waals surface area contributed by atoms with E-state index in [0.29, 0.717) is 24.1 Å². The van der Waals surface area contributed by atoms with Crippen LogP contribution in [0, 0.1) is 10.8 Å². The van der Waals surface area contributed by atoms with Gasteiger partial charge in [-0.2, -0.15) is 0 Å². The van der Waals surface area contributed by atoms with Crippen LogP contribution in [0.2, 0.25) is 0 Å². The van der Waals surface area contributed by atoms with Gasteiger partial charge in [-0.3, -0.25) is 0 Å². The zero-order valence-corrected chi connectivity index (χ0v) is 9.98. The number of nitroso groups, excluding NO2 is 1. The van der Waals surface area contributed by atoms with Crippen LogP contribution in [0.4, 0.5) is 5.69 Å². The van der Waals surface area contributed by atoms with Gasteiger partial charge in [0.05, 0.1) is 25.1 Å². The molecule has 18 heavy (non-hydrogen) atoms. The van der Waals surface area contributed by atoms with Crippen molar-refractivity contribution < 1.29 is 4.74 Å². The van der Waals surface area contributed by atoms with Gasteiger partial charge in [0.25, 0.3) is 0 Å². The van der Waals surface area contributed by atoms with Gasteiger partial charge in [0.2, 0.25) is 0 Å². The molecule has 0 radical (unpaired) electrons. The number of rotatable bonds is 1. The van der Waals surface area contributed by atoms with E-state index < -0.39 is 0 Å². The van der Waals surface area contributed by atoms with Crippen LogP contribution in [0.1, 0.15) is 12.8 Å². The smallest absolute Gasteiger partial charge is 0.144 e. The van der Waals surface area contributed by atoms with E-state index >= 15 is 0 Å². The number of hydrogen-bond acceptors (Lipinski definition) is 7. The van der Waals surface area contributed by atoms with Crippen molar-refractivity contribution in [2.75, 3.05) is 6.61 Å². The Hall–Kier alpha value is -1.44. The van der Waals surface area contributed by atoms with Gasteiger partial charge in [-0.15, -0.1) is 4.91 Å². The van der Waals surface area contributed by atoms with Gasteiger partial charge in [-0.1, -0.05) is 0 Å². The molecule has 0 amide bonds. The minimum Gasteiger partial charge on any atom is -0.378 e. The standard InChI is InChI=1S/C7H14N2O.C4H3N3O/c8-6-1-4-2-7(9)5(6)3-10-4;8-7-4-1-5-3-6-2-4/h4-7H,1-3,8-9H2;1-3H. The molecule has 2 saturated heterocycles. The Labute approximate surface area is 105 Å². The average molecular weight is 251 g/mol. The highest BCUT2D eigenvalue weighted by Crippen LogP contribution is 2.30. The fourth-order valence-electron chi connectivity index (χ4n) is 2.34. The van der Waals surface area contributed by atoms with Crippen molar-refractivity contribution in [2.45, 2.75) is 31.0 Å². The van der Waals surface area contributed by atoms with Crippen LogP contribution in [-0.2, 0) is 4.74 Å². The van der Waals surface area contributed by atoms with Crippen molar-refractivity contribution in [1.82, 2.24) is 9.97 Å². The molecule has 3 fully saturated rings. The summed E-state index contributed by atoms with van der Waals surface area (Å²) in [6.45, 7) is 0.785. The van der Waals surface area contributed by atoms with Gasteiger partial charge in [0, 0.05) is 18.0 Å². The molecule has 4 rings (SSSR count). The zero-order valence-electron chi connectivity index (χ0n) is 9.98. The maximum absolute atomic E-state index is 9.68. The quantitative estimate of drug-likeness (QED) is 0.694. The van der Waals surface area contributed by atoms with Gasteiger partial charge in [-0.25, -0.2) is 9.97 Å². The molecule has 4 N–H and O–H groups in total. The third-order valence-electron chi connectivity index (χ3n) is 3.35. The van der Waals surface area contributed by atoms with E-state index in [1.54, 1.807) is 0 Å². The third kappa shape index (κ3) is 3.06. The molecule has 1 aromatic rings. The molecule has 1 saturated carbocycles. The second-order valence-electron chi connectivity index (χ2n) is 4.61. The fourth-order valence-corrected chi connectivity index (χ4v) is 2.34. The highest BCUT2D eigenvalue weighted by Gasteiger charge is 2.39. The molecule has 2 bridgehead atoms. The number of ether oxygens (including phenoxy) is 1. The number of nitrogens with two attached hydrogens (primary N) is 2. The van der Waals surface area contributed by atoms with Crippen LogP contribution in [0.3, 0.4) is 0 Å². The second kappa shape index (κ2) is 5.94. The Kier molecular flexibility index (Phi) is 4.29. The van der Waals surface area contributed by atoms with E-state index in [1.807, 2.05) is 0 Å². The number of fused-ring (bicyclic) bond motifs is 3. The molecular weight excluding hydrogens is 234 g/mol. The number of hydrogen-bond donors (Lipinski definition) is 2. The summed E-state index contributed by atoms with van der Waals surface area (Å²) in [7, 11) is 0. The van der Waals surface area contributed by atoms with Crippen LogP contribution < -0.4 is 11.5 Å². The molecule has 0 spiro atoms. The van der Waals surface area contributed by atoms with Gasteiger partial charge in [-0.05, 0) is 18.0 Å². The largest absolute Gasteiger partial charge is 0.378 e. The lowest BCUT2D eigenvalue weighted by Crippen LogP contribution is -2.57. The fraction of sp³-hybridized carbons (Fsp3) is 0.636. The highest BCUT2D eigenvalue weighted by atomic mass is 16.5. The van der Waals surface area contributed by atoms with E-state index in [1.165, 1.54) is 18.7 Å². The summed E-state index contributed by atoms with van der Waals surface area (Å²) in [6, 6.07) is 0.588. The summed E-state index contributed by atoms with van der Waals surface area (Å²) in [5, 5.41) is 2.60. The van der Waals surface area contributed by atoms with E-state index in [9.17, 15) is 4.91 Å². The first-order valence-corrected chi connectivity index (χ1v) is 5.92. The lowest BCUT2D eigenvalue weighted by atomic mass is 9.78. The second-order valence-corrected chi connectivity index (χ2v) is 4.61. The summed E-state index contributed by atoms with van der Waals surface area (Å²) in [5.74, 6) is 0.421. The topological polar surface area (TPSA) is 116 Å². The molecular formula is C11H17N5O2. The zero-order chi connectivity index (χ0) is 13.0. The van der Waals surface area contributed by atoms with Gasteiger partial charge >= 0.3 is 0 Å². The molecule has 0 aromatic carbocycles. The summed E-state index contributed by atoms with van der Waals surface area (Å²) < 4.78 is 5.46. The first kappa shape index (κ1) is 13.0. The van der Waals surface area contributed by atoms with E-state index in [-0.39, 0.29) is 5.69 Å².